The highest BCUT2D eigenvalue weighted by atomic mass is 35.5. The molecule has 1 saturated heterocycles. The standard InChI is InChI=1S/C24H23ClN4OS/c1-16-26-21(22(31-16)17-8-3-2-4-9-17)24(30)29-13-6-5-10-19(29)14-18-15-28-12-7-11-20(25)23(28)27-18/h2-4,7-9,11-12,15,19H,5-6,10,13-14H2,1H3/t19-/m0/s1. The minimum Gasteiger partial charge on any atom is -0.334 e. The van der Waals surface area contributed by atoms with Crippen LogP contribution in [0.3, 0.4) is 0 Å². The van der Waals surface area contributed by atoms with Crippen LogP contribution in [0.25, 0.3) is 16.1 Å². The van der Waals surface area contributed by atoms with E-state index in [4.69, 9.17) is 16.6 Å². The lowest BCUT2D eigenvalue weighted by atomic mass is 9.97. The van der Waals surface area contributed by atoms with Gasteiger partial charge >= 0.3 is 0 Å². The average Bonchev–Trinajstić information content (AvgIpc) is 3.38. The topological polar surface area (TPSA) is 50.5 Å². The smallest absolute Gasteiger partial charge is 0.274 e. The van der Waals surface area contributed by atoms with Gasteiger partial charge in [0.05, 0.1) is 20.6 Å². The van der Waals surface area contributed by atoms with Gasteiger partial charge in [0.25, 0.3) is 5.91 Å². The molecule has 5 rings (SSSR count). The van der Waals surface area contributed by atoms with E-state index in [0.717, 1.165) is 52.6 Å². The first-order valence-electron chi connectivity index (χ1n) is 10.6. The molecule has 0 bridgehead atoms. The van der Waals surface area contributed by atoms with Crippen molar-refractivity contribution >= 4 is 34.5 Å². The molecule has 0 N–H and O–H groups in total. The molecule has 0 aliphatic carbocycles. The van der Waals surface area contributed by atoms with E-state index in [9.17, 15) is 4.79 Å². The monoisotopic (exact) mass is 450 g/mol. The highest BCUT2D eigenvalue weighted by molar-refractivity contribution is 7.15. The van der Waals surface area contributed by atoms with Crippen molar-refractivity contribution in [2.75, 3.05) is 6.54 Å². The third kappa shape index (κ3) is 3.98. The van der Waals surface area contributed by atoms with Crippen LogP contribution in [0, 0.1) is 6.92 Å². The van der Waals surface area contributed by atoms with Crippen molar-refractivity contribution in [1.29, 1.82) is 0 Å². The highest BCUT2D eigenvalue weighted by Gasteiger charge is 2.31. The summed E-state index contributed by atoms with van der Waals surface area (Å²) in [6.07, 6.45) is 7.78. The summed E-state index contributed by atoms with van der Waals surface area (Å²) >= 11 is 7.88. The summed E-state index contributed by atoms with van der Waals surface area (Å²) in [5, 5.41) is 1.54. The second-order valence-electron chi connectivity index (χ2n) is 7.95. The quantitative estimate of drug-likeness (QED) is 0.403. The van der Waals surface area contributed by atoms with Gasteiger partial charge in [-0.25, -0.2) is 9.97 Å². The highest BCUT2D eigenvalue weighted by Crippen LogP contribution is 2.32. The Morgan fingerprint density at radius 1 is 1.16 bits per heavy atom. The van der Waals surface area contributed by atoms with Crippen LogP contribution in [0.4, 0.5) is 0 Å². The zero-order chi connectivity index (χ0) is 21.4. The number of fused-ring (bicyclic) bond motifs is 1. The van der Waals surface area contributed by atoms with E-state index in [0.29, 0.717) is 17.1 Å². The molecule has 1 atom stereocenters. The molecule has 0 spiro atoms. The molecule has 3 aromatic heterocycles. The summed E-state index contributed by atoms with van der Waals surface area (Å²) in [6.45, 7) is 2.71. The molecular weight excluding hydrogens is 428 g/mol. The summed E-state index contributed by atoms with van der Waals surface area (Å²) < 4.78 is 1.95. The maximum absolute atomic E-state index is 13.7. The molecule has 0 unspecified atom stereocenters. The van der Waals surface area contributed by atoms with Gasteiger partial charge in [0.1, 0.15) is 5.69 Å². The molecule has 4 heterocycles. The fraction of sp³-hybridized carbons (Fsp3) is 0.292. The Kier molecular flexibility index (Phi) is 5.50. The van der Waals surface area contributed by atoms with Crippen LogP contribution in [0.1, 0.15) is 40.5 Å². The number of piperidine rings is 1. The van der Waals surface area contributed by atoms with Crippen LogP contribution in [0.5, 0.6) is 0 Å². The van der Waals surface area contributed by atoms with Crippen LogP contribution in [-0.2, 0) is 6.42 Å². The van der Waals surface area contributed by atoms with Gasteiger partial charge in [0.15, 0.2) is 5.65 Å². The number of amides is 1. The zero-order valence-electron chi connectivity index (χ0n) is 17.3. The molecule has 31 heavy (non-hydrogen) atoms. The molecule has 1 amide bonds. The summed E-state index contributed by atoms with van der Waals surface area (Å²) in [4.78, 5) is 26.0. The van der Waals surface area contributed by atoms with Gasteiger partial charge in [0.2, 0.25) is 0 Å². The fourth-order valence-electron chi connectivity index (χ4n) is 4.34. The summed E-state index contributed by atoms with van der Waals surface area (Å²) in [5.41, 5.74) is 3.32. The van der Waals surface area contributed by atoms with E-state index in [2.05, 4.69) is 4.98 Å². The van der Waals surface area contributed by atoms with Crippen LogP contribution in [0.2, 0.25) is 5.02 Å². The lowest BCUT2D eigenvalue weighted by Gasteiger charge is -2.35. The minimum absolute atomic E-state index is 0.0229. The Morgan fingerprint density at radius 2 is 2.00 bits per heavy atom. The number of rotatable bonds is 4. The van der Waals surface area contributed by atoms with E-state index in [1.165, 1.54) is 0 Å². The number of benzene rings is 1. The number of pyridine rings is 1. The number of aryl methyl sites for hydroxylation is 1. The predicted molar refractivity (Wildman–Crippen MR) is 125 cm³/mol. The van der Waals surface area contributed by atoms with Crippen LogP contribution >= 0.6 is 22.9 Å². The van der Waals surface area contributed by atoms with E-state index in [1.54, 1.807) is 11.3 Å². The van der Waals surface area contributed by atoms with Crippen LogP contribution in [0.15, 0.2) is 54.9 Å². The normalized spacial score (nSPS) is 16.7. The van der Waals surface area contributed by atoms with Gasteiger partial charge in [0, 0.05) is 31.4 Å². The largest absolute Gasteiger partial charge is 0.334 e. The zero-order valence-corrected chi connectivity index (χ0v) is 18.9. The van der Waals surface area contributed by atoms with E-state index in [-0.39, 0.29) is 11.9 Å². The number of hydrogen-bond donors (Lipinski definition) is 0. The first-order chi connectivity index (χ1) is 15.1. The van der Waals surface area contributed by atoms with Gasteiger partial charge in [-0.2, -0.15) is 0 Å². The Balaban J connectivity index is 1.44. The number of carbonyl (C=O) groups excluding carboxylic acids is 1. The molecule has 4 aromatic rings. The van der Waals surface area contributed by atoms with Gasteiger partial charge in [-0.3, -0.25) is 4.79 Å². The van der Waals surface area contributed by atoms with Gasteiger partial charge < -0.3 is 9.30 Å². The molecule has 0 radical (unpaired) electrons. The minimum atomic E-state index is 0.0229. The van der Waals surface area contributed by atoms with Gasteiger partial charge in [-0.1, -0.05) is 41.9 Å². The summed E-state index contributed by atoms with van der Waals surface area (Å²) in [7, 11) is 0. The Hall–Kier alpha value is -2.70. The Labute approximate surface area is 190 Å². The average molecular weight is 451 g/mol. The number of carbonyl (C=O) groups is 1. The van der Waals surface area contributed by atoms with Crippen molar-refractivity contribution in [3.8, 4) is 10.4 Å². The summed E-state index contributed by atoms with van der Waals surface area (Å²) in [6, 6.07) is 13.9. The third-order valence-electron chi connectivity index (χ3n) is 5.79. The number of thiazole rings is 1. The third-order valence-corrected chi connectivity index (χ3v) is 7.11. The lowest BCUT2D eigenvalue weighted by molar-refractivity contribution is 0.0608. The Bertz CT molecular complexity index is 1230. The lowest BCUT2D eigenvalue weighted by Crippen LogP contribution is -2.45. The number of halogens is 1. The SMILES string of the molecule is Cc1nc(C(=O)N2CCCC[C@H]2Cc2cn3cccc(Cl)c3n2)c(-c2ccccc2)s1. The van der Waals surface area contributed by atoms with Crippen molar-refractivity contribution in [3.05, 3.63) is 76.3 Å². The fourth-order valence-corrected chi connectivity index (χ4v) is 5.47. The maximum Gasteiger partial charge on any atom is 0.274 e. The molecule has 1 aliphatic rings. The van der Waals surface area contributed by atoms with E-state index in [1.807, 2.05) is 71.1 Å². The second kappa shape index (κ2) is 8.44. The van der Waals surface area contributed by atoms with Crippen molar-refractivity contribution in [1.82, 2.24) is 19.3 Å². The number of nitrogens with zero attached hydrogens (tertiary/aromatic N) is 4. The van der Waals surface area contributed by atoms with E-state index < -0.39 is 0 Å². The van der Waals surface area contributed by atoms with Crippen LogP contribution < -0.4 is 0 Å². The predicted octanol–water partition coefficient (Wildman–Crippen LogP) is 5.66. The molecule has 158 valence electrons. The summed E-state index contributed by atoms with van der Waals surface area (Å²) in [5.74, 6) is 0.0229. The van der Waals surface area contributed by atoms with Crippen molar-refractivity contribution < 1.29 is 4.79 Å². The molecule has 1 aliphatic heterocycles. The molecule has 1 aromatic carbocycles. The van der Waals surface area contributed by atoms with Crippen LogP contribution in [-0.4, -0.2) is 37.8 Å². The van der Waals surface area contributed by atoms with Crippen molar-refractivity contribution in [3.63, 3.8) is 0 Å². The van der Waals surface area contributed by atoms with Crippen molar-refractivity contribution in [2.24, 2.45) is 0 Å². The first kappa shape index (κ1) is 20.2. The van der Waals surface area contributed by atoms with Gasteiger partial charge in [-0.15, -0.1) is 11.3 Å². The molecular formula is C24H23ClN4OS. The Morgan fingerprint density at radius 3 is 2.81 bits per heavy atom. The maximum atomic E-state index is 13.7. The number of hydrogen-bond acceptors (Lipinski definition) is 4. The molecule has 5 nitrogen and oxygen atoms in total. The van der Waals surface area contributed by atoms with Crippen molar-refractivity contribution in [2.45, 2.75) is 38.6 Å². The molecule has 7 heteroatoms. The molecule has 0 saturated carbocycles. The second-order valence-corrected chi connectivity index (χ2v) is 9.56. The number of likely N-dealkylation sites (tertiary alicyclic amines) is 1. The van der Waals surface area contributed by atoms with Gasteiger partial charge in [-0.05, 0) is 43.9 Å². The number of aromatic nitrogens is 3. The molecule has 1 fully saturated rings. The first-order valence-corrected chi connectivity index (χ1v) is 11.8. The van der Waals surface area contributed by atoms with E-state index >= 15 is 0 Å². The number of imidazole rings is 1.